The van der Waals surface area contributed by atoms with Gasteiger partial charge in [-0.15, -0.1) is 0 Å². The Bertz CT molecular complexity index is 296. The van der Waals surface area contributed by atoms with Gasteiger partial charge in [-0.1, -0.05) is 31.9 Å². The first kappa shape index (κ1) is 11.2. The van der Waals surface area contributed by atoms with Crippen LogP contribution in [0.2, 0.25) is 0 Å². The molecule has 0 aromatic heterocycles. The van der Waals surface area contributed by atoms with Crippen molar-refractivity contribution in [1.82, 2.24) is 0 Å². The van der Waals surface area contributed by atoms with Crippen molar-refractivity contribution in [3.8, 4) is 0 Å². The second-order valence-electron chi connectivity index (χ2n) is 3.68. The highest BCUT2D eigenvalue weighted by molar-refractivity contribution is 5.25. The second kappa shape index (κ2) is 5.11. The van der Waals surface area contributed by atoms with E-state index < -0.39 is 6.10 Å². The Morgan fingerprint density at radius 1 is 1.43 bits per heavy atom. The number of unbranched alkanes of at least 4 members (excludes halogenated alkanes) is 1. The van der Waals surface area contributed by atoms with E-state index in [2.05, 4.69) is 6.92 Å². The van der Waals surface area contributed by atoms with Gasteiger partial charge in [0, 0.05) is 5.56 Å². The SMILES string of the molecule is CCCCC(O)c1ccc(C)cc1F. The molecule has 0 fully saturated rings. The summed E-state index contributed by atoms with van der Waals surface area (Å²) in [5.74, 6) is -0.298. The van der Waals surface area contributed by atoms with Crippen LogP contribution in [0, 0.1) is 12.7 Å². The molecule has 0 amide bonds. The molecule has 1 aromatic rings. The fraction of sp³-hybridized carbons (Fsp3) is 0.500. The Labute approximate surface area is 84.6 Å². The zero-order valence-electron chi connectivity index (χ0n) is 8.76. The van der Waals surface area contributed by atoms with Crippen molar-refractivity contribution in [2.45, 2.75) is 39.2 Å². The van der Waals surface area contributed by atoms with Crippen LogP contribution in [0.3, 0.4) is 0 Å². The van der Waals surface area contributed by atoms with Crippen molar-refractivity contribution < 1.29 is 9.50 Å². The van der Waals surface area contributed by atoms with Crippen molar-refractivity contribution >= 4 is 0 Å². The average Bonchev–Trinajstić information content (AvgIpc) is 2.14. The molecule has 0 aliphatic heterocycles. The molecule has 0 saturated heterocycles. The number of benzene rings is 1. The molecule has 0 spiro atoms. The normalized spacial score (nSPS) is 12.9. The van der Waals surface area contributed by atoms with Crippen LogP contribution in [0.25, 0.3) is 0 Å². The molecule has 1 N–H and O–H groups in total. The summed E-state index contributed by atoms with van der Waals surface area (Å²) >= 11 is 0. The molecule has 1 unspecified atom stereocenters. The van der Waals surface area contributed by atoms with E-state index in [-0.39, 0.29) is 5.82 Å². The van der Waals surface area contributed by atoms with Crippen LogP contribution in [0.4, 0.5) is 4.39 Å². The molecule has 1 atom stereocenters. The first-order valence-corrected chi connectivity index (χ1v) is 5.09. The molecule has 14 heavy (non-hydrogen) atoms. The maximum atomic E-state index is 13.4. The van der Waals surface area contributed by atoms with Crippen LogP contribution in [-0.4, -0.2) is 5.11 Å². The van der Waals surface area contributed by atoms with E-state index in [9.17, 15) is 9.50 Å². The smallest absolute Gasteiger partial charge is 0.129 e. The summed E-state index contributed by atoms with van der Waals surface area (Å²) in [6, 6.07) is 4.96. The topological polar surface area (TPSA) is 20.2 Å². The summed E-state index contributed by atoms with van der Waals surface area (Å²) in [6.45, 7) is 3.89. The second-order valence-corrected chi connectivity index (χ2v) is 3.68. The average molecular weight is 196 g/mol. The summed E-state index contributed by atoms with van der Waals surface area (Å²) < 4.78 is 13.4. The number of aliphatic hydroxyl groups is 1. The number of hydrogen-bond acceptors (Lipinski definition) is 1. The Kier molecular flexibility index (Phi) is 4.08. The first-order valence-electron chi connectivity index (χ1n) is 5.09. The summed E-state index contributed by atoms with van der Waals surface area (Å²) in [6.07, 6.45) is 1.92. The van der Waals surface area contributed by atoms with Gasteiger partial charge >= 0.3 is 0 Å². The van der Waals surface area contributed by atoms with Gasteiger partial charge in [-0.3, -0.25) is 0 Å². The quantitative estimate of drug-likeness (QED) is 0.782. The maximum Gasteiger partial charge on any atom is 0.129 e. The highest BCUT2D eigenvalue weighted by Crippen LogP contribution is 2.22. The molecule has 1 nitrogen and oxygen atoms in total. The monoisotopic (exact) mass is 196 g/mol. The van der Waals surface area contributed by atoms with Crippen LogP contribution in [0.1, 0.15) is 43.4 Å². The summed E-state index contributed by atoms with van der Waals surface area (Å²) in [5.41, 5.74) is 1.30. The fourth-order valence-electron chi connectivity index (χ4n) is 1.46. The third-order valence-electron chi connectivity index (χ3n) is 2.35. The summed E-state index contributed by atoms with van der Waals surface area (Å²) in [4.78, 5) is 0. The third-order valence-corrected chi connectivity index (χ3v) is 2.35. The number of halogens is 1. The number of aliphatic hydroxyl groups excluding tert-OH is 1. The molecule has 0 heterocycles. The highest BCUT2D eigenvalue weighted by atomic mass is 19.1. The van der Waals surface area contributed by atoms with E-state index in [4.69, 9.17) is 0 Å². The Morgan fingerprint density at radius 3 is 2.71 bits per heavy atom. The molecule has 2 heteroatoms. The lowest BCUT2D eigenvalue weighted by Crippen LogP contribution is -2.00. The van der Waals surface area contributed by atoms with Crippen molar-refractivity contribution in [2.75, 3.05) is 0 Å². The van der Waals surface area contributed by atoms with E-state index in [0.717, 1.165) is 18.4 Å². The van der Waals surface area contributed by atoms with Gasteiger partial charge in [0.15, 0.2) is 0 Å². The summed E-state index contributed by atoms with van der Waals surface area (Å²) in [7, 11) is 0. The molecule has 0 bridgehead atoms. The van der Waals surface area contributed by atoms with Gasteiger partial charge in [0.1, 0.15) is 5.82 Å². The maximum absolute atomic E-state index is 13.4. The van der Waals surface area contributed by atoms with Crippen molar-refractivity contribution in [3.05, 3.63) is 35.1 Å². The standard InChI is InChI=1S/C12H17FO/c1-3-4-5-12(14)10-7-6-9(2)8-11(10)13/h6-8,12,14H,3-5H2,1-2H3. The minimum atomic E-state index is -0.657. The summed E-state index contributed by atoms with van der Waals surface area (Å²) in [5, 5.41) is 9.68. The van der Waals surface area contributed by atoms with Crippen LogP contribution < -0.4 is 0 Å². The largest absolute Gasteiger partial charge is 0.388 e. The van der Waals surface area contributed by atoms with Crippen molar-refractivity contribution in [3.63, 3.8) is 0 Å². The number of aryl methyl sites for hydroxylation is 1. The highest BCUT2D eigenvalue weighted by Gasteiger charge is 2.11. The number of rotatable bonds is 4. The van der Waals surface area contributed by atoms with E-state index in [1.165, 1.54) is 6.07 Å². The minimum Gasteiger partial charge on any atom is -0.388 e. The first-order chi connectivity index (χ1) is 6.65. The molecular weight excluding hydrogens is 179 g/mol. The fourth-order valence-corrected chi connectivity index (χ4v) is 1.46. The zero-order chi connectivity index (χ0) is 10.6. The van der Waals surface area contributed by atoms with E-state index in [0.29, 0.717) is 12.0 Å². The molecule has 0 radical (unpaired) electrons. The van der Waals surface area contributed by atoms with Gasteiger partial charge in [0.05, 0.1) is 6.10 Å². The lowest BCUT2D eigenvalue weighted by Gasteiger charge is -2.11. The van der Waals surface area contributed by atoms with Crippen molar-refractivity contribution in [1.29, 1.82) is 0 Å². The van der Waals surface area contributed by atoms with Crippen LogP contribution >= 0.6 is 0 Å². The van der Waals surface area contributed by atoms with Crippen LogP contribution in [-0.2, 0) is 0 Å². The predicted octanol–water partition coefficient (Wildman–Crippen LogP) is 3.36. The Morgan fingerprint density at radius 2 is 2.14 bits per heavy atom. The van der Waals surface area contributed by atoms with E-state index in [1.54, 1.807) is 6.07 Å². The number of hydrogen-bond donors (Lipinski definition) is 1. The van der Waals surface area contributed by atoms with Crippen LogP contribution in [0.5, 0.6) is 0 Å². The van der Waals surface area contributed by atoms with Gasteiger partial charge < -0.3 is 5.11 Å². The Balaban J connectivity index is 2.74. The van der Waals surface area contributed by atoms with Gasteiger partial charge in [-0.2, -0.15) is 0 Å². The van der Waals surface area contributed by atoms with Gasteiger partial charge in [0.2, 0.25) is 0 Å². The molecule has 78 valence electrons. The van der Waals surface area contributed by atoms with Gasteiger partial charge in [-0.05, 0) is 25.0 Å². The molecule has 0 aliphatic carbocycles. The minimum absolute atomic E-state index is 0.298. The molecule has 1 aromatic carbocycles. The van der Waals surface area contributed by atoms with E-state index in [1.807, 2.05) is 13.0 Å². The van der Waals surface area contributed by atoms with Gasteiger partial charge in [-0.25, -0.2) is 4.39 Å². The predicted molar refractivity (Wildman–Crippen MR) is 55.6 cm³/mol. The molecule has 1 rings (SSSR count). The zero-order valence-corrected chi connectivity index (χ0v) is 8.76. The lowest BCUT2D eigenvalue weighted by atomic mass is 10.0. The Hall–Kier alpha value is -0.890. The third kappa shape index (κ3) is 2.81. The lowest BCUT2D eigenvalue weighted by molar-refractivity contribution is 0.159. The molecule has 0 saturated carbocycles. The van der Waals surface area contributed by atoms with Crippen LogP contribution in [0.15, 0.2) is 18.2 Å². The van der Waals surface area contributed by atoms with E-state index >= 15 is 0 Å². The molecule has 0 aliphatic rings. The van der Waals surface area contributed by atoms with Gasteiger partial charge in [0.25, 0.3) is 0 Å². The molecular formula is C12H17FO. The van der Waals surface area contributed by atoms with Crippen molar-refractivity contribution in [2.24, 2.45) is 0 Å².